The minimum atomic E-state index is -3.96. The van der Waals surface area contributed by atoms with E-state index in [0.29, 0.717) is 12.8 Å². The van der Waals surface area contributed by atoms with E-state index in [1.165, 1.54) is 7.11 Å². The number of hydrogen-bond acceptors (Lipinski definition) is 9. The first-order valence-electron chi connectivity index (χ1n) is 7.40. The van der Waals surface area contributed by atoms with Gasteiger partial charge < -0.3 is 28.4 Å². The lowest BCUT2D eigenvalue weighted by Gasteiger charge is -2.10. The van der Waals surface area contributed by atoms with Gasteiger partial charge in [0.2, 0.25) is 5.39 Å². The second kappa shape index (κ2) is 12.7. The number of aliphatic hydroxyl groups is 1. The van der Waals surface area contributed by atoms with Gasteiger partial charge in [-0.05, 0) is 26.7 Å². The number of carbonyl (C=O) groups excluding carboxylic acids is 1. The molecular weight excluding hydrogens is 343 g/mol. The Morgan fingerprint density at radius 1 is 1.12 bits per heavy atom. The van der Waals surface area contributed by atoms with Gasteiger partial charge in [0, 0.05) is 7.11 Å². The van der Waals surface area contributed by atoms with Gasteiger partial charge >= 0.3 is 24.9 Å². The minimum Gasteiger partial charge on any atom is -0.475 e. The van der Waals surface area contributed by atoms with Crippen molar-refractivity contribution in [3.05, 3.63) is 16.4 Å². The van der Waals surface area contributed by atoms with Gasteiger partial charge in [-0.3, -0.25) is 0 Å². The Kier molecular flexibility index (Phi) is 11.8. The van der Waals surface area contributed by atoms with Crippen LogP contribution in [-0.2, 0) is 32.6 Å². The van der Waals surface area contributed by atoms with Crippen molar-refractivity contribution in [1.29, 1.82) is 5.39 Å². The quantitative estimate of drug-likeness (QED) is 0.172. The number of hydrogen-bond donors (Lipinski definition) is 1. The number of nitrogens with zero attached hydrogens (tertiary/aromatic N) is 2. The molecule has 138 valence electrons. The summed E-state index contributed by atoms with van der Waals surface area (Å²) in [5.74, 6) is -1.32. The van der Waals surface area contributed by atoms with Crippen molar-refractivity contribution >= 4 is 13.6 Å². The van der Waals surface area contributed by atoms with Crippen LogP contribution in [0.25, 0.3) is 4.98 Å². The van der Waals surface area contributed by atoms with Gasteiger partial charge in [-0.2, -0.15) is 0 Å². The Hall–Kier alpha value is -1.66. The number of ether oxygens (including phenoxy) is 3. The SMILES string of the molecule is CCOP(=O)(OCC)/C([N+]#N)=C(/O)OCCCCOC(=O)COC. The van der Waals surface area contributed by atoms with Crippen molar-refractivity contribution in [2.45, 2.75) is 26.7 Å². The molecule has 0 aliphatic carbocycles. The van der Waals surface area contributed by atoms with Crippen molar-refractivity contribution < 1.29 is 37.7 Å². The zero-order chi connectivity index (χ0) is 18.4. The van der Waals surface area contributed by atoms with E-state index in [1.54, 1.807) is 13.8 Å². The molecule has 0 heterocycles. The molecule has 0 aromatic heterocycles. The third-order valence-electron chi connectivity index (χ3n) is 2.45. The number of rotatable bonds is 13. The molecular formula is C13H24N2O8P+. The maximum Gasteiger partial charge on any atom is 0.548 e. The fourth-order valence-corrected chi connectivity index (χ4v) is 2.90. The Labute approximate surface area is 140 Å². The fraction of sp³-hybridized carbons (Fsp3) is 0.769. The van der Waals surface area contributed by atoms with Crippen LogP contribution in [0.2, 0.25) is 0 Å². The van der Waals surface area contributed by atoms with Crippen LogP contribution in [-0.4, -0.2) is 51.2 Å². The maximum absolute atomic E-state index is 12.4. The summed E-state index contributed by atoms with van der Waals surface area (Å²) < 4.78 is 36.7. The van der Waals surface area contributed by atoms with Crippen LogP contribution in [0.3, 0.4) is 0 Å². The van der Waals surface area contributed by atoms with Gasteiger partial charge in [-0.15, -0.1) is 0 Å². The molecule has 10 nitrogen and oxygen atoms in total. The van der Waals surface area contributed by atoms with Crippen LogP contribution in [0, 0.1) is 5.39 Å². The van der Waals surface area contributed by atoms with E-state index in [-0.39, 0.29) is 33.0 Å². The molecule has 11 heteroatoms. The first-order valence-corrected chi connectivity index (χ1v) is 8.94. The summed E-state index contributed by atoms with van der Waals surface area (Å²) in [6, 6.07) is 0. The van der Waals surface area contributed by atoms with Crippen molar-refractivity contribution in [3.8, 4) is 0 Å². The summed E-state index contributed by atoms with van der Waals surface area (Å²) >= 11 is 0. The molecule has 0 radical (unpaired) electrons. The molecule has 0 aromatic rings. The summed E-state index contributed by atoms with van der Waals surface area (Å²) in [6.07, 6.45) is 0.902. The largest absolute Gasteiger partial charge is 0.548 e. The highest BCUT2D eigenvalue weighted by molar-refractivity contribution is 7.58. The van der Waals surface area contributed by atoms with Crippen molar-refractivity contribution in [1.82, 2.24) is 0 Å². The number of esters is 1. The van der Waals surface area contributed by atoms with E-state index in [1.807, 2.05) is 0 Å². The van der Waals surface area contributed by atoms with E-state index in [2.05, 4.69) is 9.71 Å². The van der Waals surface area contributed by atoms with E-state index >= 15 is 0 Å². The molecule has 0 saturated heterocycles. The Bertz CT molecular complexity index is 493. The van der Waals surface area contributed by atoms with Crippen LogP contribution in [0.15, 0.2) is 11.4 Å². The lowest BCUT2D eigenvalue weighted by Crippen LogP contribution is -2.12. The molecule has 0 spiro atoms. The van der Waals surface area contributed by atoms with Crippen LogP contribution in [0.5, 0.6) is 0 Å². The fourth-order valence-electron chi connectivity index (χ4n) is 1.50. The summed E-state index contributed by atoms with van der Waals surface area (Å²) in [5.41, 5.74) is -0.697. The van der Waals surface area contributed by atoms with Crippen LogP contribution >= 0.6 is 7.60 Å². The summed E-state index contributed by atoms with van der Waals surface area (Å²) in [7, 11) is -2.58. The second-order valence-corrected chi connectivity index (χ2v) is 6.21. The van der Waals surface area contributed by atoms with Crippen LogP contribution < -0.4 is 0 Å². The highest BCUT2D eigenvalue weighted by atomic mass is 31.2. The summed E-state index contributed by atoms with van der Waals surface area (Å²) in [4.78, 5) is 13.8. The molecule has 24 heavy (non-hydrogen) atoms. The van der Waals surface area contributed by atoms with E-state index < -0.39 is 24.9 Å². The molecule has 0 rings (SSSR count). The molecule has 0 bridgehead atoms. The maximum atomic E-state index is 12.4. The Morgan fingerprint density at radius 2 is 1.67 bits per heavy atom. The average Bonchev–Trinajstić information content (AvgIpc) is 2.52. The predicted octanol–water partition coefficient (Wildman–Crippen LogP) is 2.78. The number of unbranched alkanes of at least 4 members (excludes halogenated alkanes) is 1. The number of diazo groups is 1. The Morgan fingerprint density at radius 3 is 2.12 bits per heavy atom. The second-order valence-electron chi connectivity index (χ2n) is 4.27. The Balaban J connectivity index is 4.45. The predicted molar refractivity (Wildman–Crippen MR) is 83.6 cm³/mol. The lowest BCUT2D eigenvalue weighted by molar-refractivity contribution is -0.148. The normalized spacial score (nSPS) is 12.2. The molecule has 0 aliphatic rings. The zero-order valence-corrected chi connectivity index (χ0v) is 15.0. The van der Waals surface area contributed by atoms with Crippen molar-refractivity contribution in [2.24, 2.45) is 0 Å². The molecule has 0 aliphatic heterocycles. The first kappa shape index (κ1) is 22.3. The monoisotopic (exact) mass is 367 g/mol. The number of aliphatic hydroxyl groups excluding tert-OH is 1. The molecule has 0 unspecified atom stereocenters. The van der Waals surface area contributed by atoms with Gasteiger partial charge in [0.1, 0.15) is 6.61 Å². The summed E-state index contributed by atoms with van der Waals surface area (Å²) in [6.45, 7) is 3.26. The average molecular weight is 367 g/mol. The number of methoxy groups -OCH3 is 1. The molecule has 0 fully saturated rings. The first-order chi connectivity index (χ1) is 11.4. The van der Waals surface area contributed by atoms with Gasteiger partial charge in [0.25, 0.3) is 0 Å². The smallest absolute Gasteiger partial charge is 0.475 e. The third kappa shape index (κ3) is 8.26. The highest BCUT2D eigenvalue weighted by Crippen LogP contribution is 2.57. The molecule has 0 atom stereocenters. The highest BCUT2D eigenvalue weighted by Gasteiger charge is 2.47. The summed E-state index contributed by atoms with van der Waals surface area (Å²) in [5, 5.41) is 18.7. The molecule has 0 saturated carbocycles. The molecule has 1 N–H and O–H groups in total. The zero-order valence-electron chi connectivity index (χ0n) is 14.1. The number of carbonyl (C=O) groups is 1. The van der Waals surface area contributed by atoms with Gasteiger partial charge in [0.05, 0.1) is 26.4 Å². The lowest BCUT2D eigenvalue weighted by atomic mass is 10.3. The minimum absolute atomic E-state index is 0.0188. The van der Waals surface area contributed by atoms with E-state index in [0.717, 1.165) is 0 Å². The van der Waals surface area contributed by atoms with E-state index in [9.17, 15) is 14.5 Å². The van der Waals surface area contributed by atoms with Gasteiger partial charge in [-0.25, -0.2) is 9.36 Å². The van der Waals surface area contributed by atoms with Crippen molar-refractivity contribution in [2.75, 3.05) is 40.1 Å². The third-order valence-corrected chi connectivity index (χ3v) is 4.44. The molecule has 0 amide bonds. The topological polar surface area (TPSA) is 129 Å². The molecule has 0 aromatic carbocycles. The van der Waals surface area contributed by atoms with Crippen LogP contribution in [0.1, 0.15) is 26.7 Å². The van der Waals surface area contributed by atoms with Crippen LogP contribution in [0.4, 0.5) is 0 Å². The van der Waals surface area contributed by atoms with E-state index in [4.69, 9.17) is 23.9 Å². The van der Waals surface area contributed by atoms with Crippen molar-refractivity contribution in [3.63, 3.8) is 0 Å². The standard InChI is InChI=1S/C13H23N2O8P/c1-4-22-24(18,23-5-2)12(15-14)13(17)21-9-7-6-8-20-11(16)10-19-3/h4-10H2,1-3H3/p+1. The van der Waals surface area contributed by atoms with Gasteiger partial charge in [0.15, 0.2) is 4.98 Å². The van der Waals surface area contributed by atoms with Gasteiger partial charge in [-0.1, -0.05) is 0 Å².